The predicted octanol–water partition coefficient (Wildman–Crippen LogP) is 4.08. The van der Waals surface area contributed by atoms with Crippen molar-refractivity contribution >= 4 is 17.5 Å². The van der Waals surface area contributed by atoms with Crippen LogP contribution in [-0.2, 0) is 19.7 Å². The summed E-state index contributed by atoms with van der Waals surface area (Å²) in [5.41, 5.74) is 1.72. The molecule has 0 amide bonds. The van der Waals surface area contributed by atoms with E-state index in [0.29, 0.717) is 29.0 Å². The molecule has 0 aliphatic carbocycles. The van der Waals surface area contributed by atoms with Gasteiger partial charge in [-0.25, -0.2) is 9.07 Å². The molecule has 0 radical (unpaired) electrons. The molecule has 0 saturated carbocycles. The molecular weight excluding hydrogens is 385 g/mol. The van der Waals surface area contributed by atoms with E-state index in [1.807, 2.05) is 6.07 Å². The zero-order chi connectivity index (χ0) is 19.9. The minimum absolute atomic E-state index is 0.250. The van der Waals surface area contributed by atoms with Crippen molar-refractivity contribution in [1.29, 1.82) is 0 Å². The van der Waals surface area contributed by atoms with E-state index in [2.05, 4.69) is 27.8 Å². The van der Waals surface area contributed by atoms with Crippen LogP contribution < -0.4 is 14.8 Å². The maximum Gasteiger partial charge on any atom is 0.243 e. The van der Waals surface area contributed by atoms with Crippen LogP contribution in [-0.4, -0.2) is 27.3 Å². The second-order valence-corrected chi connectivity index (χ2v) is 6.51. The Hall–Kier alpha value is -2.87. The Kier molecular flexibility index (Phi) is 6.65. The molecule has 148 valence electrons. The van der Waals surface area contributed by atoms with Gasteiger partial charge < -0.3 is 14.8 Å². The highest BCUT2D eigenvalue weighted by molar-refractivity contribution is 6.32. The number of hydrogen-bond donors (Lipinski definition) is 1. The van der Waals surface area contributed by atoms with Gasteiger partial charge in [0.15, 0.2) is 11.5 Å². The third-order valence-electron chi connectivity index (χ3n) is 4.00. The van der Waals surface area contributed by atoms with Gasteiger partial charge in [-0.15, -0.1) is 0 Å². The minimum Gasteiger partial charge on any atom is -0.493 e. The van der Waals surface area contributed by atoms with Crippen molar-refractivity contribution in [2.45, 2.75) is 33.0 Å². The second kappa shape index (κ2) is 9.36. The standard InChI is InChI=1S/C19H21ClFN5O2/c1-3-8-26-19(23-24-25-26)22-11-14-9-16(20)18(17(10-14)27-2)28-12-13-4-6-15(21)7-5-13/h4-7,9-10H,3,8,11-12H2,1-2H3,(H,22,23,25). The molecule has 1 N–H and O–H groups in total. The van der Waals surface area contributed by atoms with Crippen molar-refractivity contribution < 1.29 is 13.9 Å². The Balaban J connectivity index is 1.70. The third kappa shape index (κ3) is 4.89. The highest BCUT2D eigenvalue weighted by Gasteiger charge is 2.13. The molecule has 7 nitrogen and oxygen atoms in total. The molecule has 0 bridgehead atoms. The van der Waals surface area contributed by atoms with Crippen LogP contribution in [0.3, 0.4) is 0 Å². The fourth-order valence-corrected chi connectivity index (χ4v) is 2.91. The predicted molar refractivity (Wildman–Crippen MR) is 104 cm³/mol. The number of aromatic nitrogens is 4. The summed E-state index contributed by atoms with van der Waals surface area (Å²) in [6.07, 6.45) is 0.930. The molecule has 2 aromatic carbocycles. The van der Waals surface area contributed by atoms with Gasteiger partial charge in [0.1, 0.15) is 12.4 Å². The number of halogens is 2. The van der Waals surface area contributed by atoms with E-state index in [0.717, 1.165) is 24.1 Å². The van der Waals surface area contributed by atoms with Crippen LogP contribution in [0.1, 0.15) is 24.5 Å². The average molecular weight is 406 g/mol. The topological polar surface area (TPSA) is 74.1 Å². The van der Waals surface area contributed by atoms with Gasteiger partial charge in [0.25, 0.3) is 0 Å². The first-order chi connectivity index (χ1) is 13.6. The third-order valence-corrected chi connectivity index (χ3v) is 4.28. The quantitative estimate of drug-likeness (QED) is 0.578. The first-order valence-corrected chi connectivity index (χ1v) is 9.22. The smallest absolute Gasteiger partial charge is 0.243 e. The van der Waals surface area contributed by atoms with E-state index in [4.69, 9.17) is 21.1 Å². The van der Waals surface area contributed by atoms with Crippen LogP contribution in [0.5, 0.6) is 11.5 Å². The highest BCUT2D eigenvalue weighted by atomic mass is 35.5. The van der Waals surface area contributed by atoms with Crippen molar-refractivity contribution in [1.82, 2.24) is 20.2 Å². The maximum atomic E-state index is 13.0. The summed E-state index contributed by atoms with van der Waals surface area (Å²) < 4.78 is 26.0. The largest absolute Gasteiger partial charge is 0.493 e. The molecule has 0 atom stereocenters. The molecular formula is C19H21ClFN5O2. The first-order valence-electron chi connectivity index (χ1n) is 8.84. The normalized spacial score (nSPS) is 10.7. The number of anilines is 1. The molecule has 0 saturated heterocycles. The van der Waals surface area contributed by atoms with Crippen LogP contribution >= 0.6 is 11.6 Å². The highest BCUT2D eigenvalue weighted by Crippen LogP contribution is 2.37. The summed E-state index contributed by atoms with van der Waals surface area (Å²) >= 11 is 6.41. The Morgan fingerprint density at radius 3 is 2.68 bits per heavy atom. The average Bonchev–Trinajstić information content (AvgIpc) is 3.14. The number of rotatable bonds is 9. The van der Waals surface area contributed by atoms with E-state index < -0.39 is 0 Å². The fraction of sp³-hybridized carbons (Fsp3) is 0.316. The lowest BCUT2D eigenvalue weighted by atomic mass is 10.2. The molecule has 3 rings (SSSR count). The monoisotopic (exact) mass is 405 g/mol. The fourth-order valence-electron chi connectivity index (χ4n) is 2.63. The number of nitrogens with one attached hydrogen (secondary N) is 1. The van der Waals surface area contributed by atoms with E-state index in [1.54, 1.807) is 30.0 Å². The summed E-state index contributed by atoms with van der Waals surface area (Å²) in [4.78, 5) is 0. The molecule has 0 spiro atoms. The van der Waals surface area contributed by atoms with Crippen molar-refractivity contribution in [3.05, 3.63) is 58.4 Å². The van der Waals surface area contributed by atoms with Gasteiger partial charge in [-0.1, -0.05) is 35.8 Å². The van der Waals surface area contributed by atoms with Crippen molar-refractivity contribution in [2.75, 3.05) is 12.4 Å². The Bertz CT molecular complexity index is 917. The van der Waals surface area contributed by atoms with Gasteiger partial charge in [0.2, 0.25) is 5.95 Å². The Morgan fingerprint density at radius 1 is 1.18 bits per heavy atom. The molecule has 1 aromatic heterocycles. The van der Waals surface area contributed by atoms with Crippen molar-refractivity contribution in [3.8, 4) is 11.5 Å². The zero-order valence-corrected chi connectivity index (χ0v) is 16.4. The van der Waals surface area contributed by atoms with E-state index >= 15 is 0 Å². The summed E-state index contributed by atoms with van der Waals surface area (Å²) in [5.74, 6) is 1.25. The van der Waals surface area contributed by atoms with Gasteiger partial charge in [-0.3, -0.25) is 0 Å². The lowest BCUT2D eigenvalue weighted by molar-refractivity contribution is 0.284. The zero-order valence-electron chi connectivity index (χ0n) is 15.7. The molecule has 9 heteroatoms. The van der Waals surface area contributed by atoms with Crippen LogP contribution in [0.2, 0.25) is 5.02 Å². The van der Waals surface area contributed by atoms with Gasteiger partial charge in [-0.05, 0) is 52.2 Å². The second-order valence-electron chi connectivity index (χ2n) is 6.10. The van der Waals surface area contributed by atoms with Crippen LogP contribution in [0.4, 0.5) is 10.3 Å². The van der Waals surface area contributed by atoms with E-state index in [1.165, 1.54) is 12.1 Å². The number of methoxy groups -OCH3 is 1. The molecule has 0 aliphatic rings. The molecule has 0 fully saturated rings. The number of benzene rings is 2. The molecule has 0 aliphatic heterocycles. The number of aryl methyl sites for hydroxylation is 1. The van der Waals surface area contributed by atoms with Crippen LogP contribution in [0.25, 0.3) is 0 Å². The Morgan fingerprint density at radius 2 is 1.96 bits per heavy atom. The summed E-state index contributed by atoms with van der Waals surface area (Å²) in [7, 11) is 1.55. The van der Waals surface area contributed by atoms with Crippen LogP contribution in [0, 0.1) is 5.82 Å². The van der Waals surface area contributed by atoms with Gasteiger partial charge in [0.05, 0.1) is 12.1 Å². The molecule has 1 heterocycles. The number of ether oxygens (including phenoxy) is 2. The van der Waals surface area contributed by atoms with E-state index in [-0.39, 0.29) is 12.4 Å². The molecule has 0 unspecified atom stereocenters. The van der Waals surface area contributed by atoms with E-state index in [9.17, 15) is 4.39 Å². The van der Waals surface area contributed by atoms with Crippen molar-refractivity contribution in [2.24, 2.45) is 0 Å². The number of hydrogen-bond acceptors (Lipinski definition) is 6. The van der Waals surface area contributed by atoms with Gasteiger partial charge in [0, 0.05) is 13.1 Å². The number of nitrogens with zero attached hydrogens (tertiary/aromatic N) is 4. The number of tetrazole rings is 1. The maximum absolute atomic E-state index is 13.0. The molecule has 28 heavy (non-hydrogen) atoms. The summed E-state index contributed by atoms with van der Waals surface area (Å²) in [5, 5.41) is 15.2. The lowest BCUT2D eigenvalue weighted by Crippen LogP contribution is -2.09. The lowest BCUT2D eigenvalue weighted by Gasteiger charge is -2.15. The van der Waals surface area contributed by atoms with Crippen LogP contribution in [0.15, 0.2) is 36.4 Å². The van der Waals surface area contributed by atoms with Gasteiger partial charge >= 0.3 is 0 Å². The first kappa shape index (κ1) is 19.9. The summed E-state index contributed by atoms with van der Waals surface area (Å²) in [6, 6.07) is 9.73. The van der Waals surface area contributed by atoms with Crippen molar-refractivity contribution in [3.63, 3.8) is 0 Å². The molecule has 3 aromatic rings. The van der Waals surface area contributed by atoms with Gasteiger partial charge in [-0.2, -0.15) is 0 Å². The Labute approximate surface area is 167 Å². The summed E-state index contributed by atoms with van der Waals surface area (Å²) in [6.45, 7) is 3.51. The minimum atomic E-state index is -0.291. The SMILES string of the molecule is CCCn1nnnc1NCc1cc(Cl)c(OCc2ccc(F)cc2)c(OC)c1.